The molecule has 0 fully saturated rings. The second-order valence-electron chi connectivity index (χ2n) is 6.06. The van der Waals surface area contributed by atoms with Crippen molar-refractivity contribution in [1.29, 1.82) is 0 Å². The van der Waals surface area contributed by atoms with E-state index in [2.05, 4.69) is 24.1 Å². The van der Waals surface area contributed by atoms with Crippen molar-refractivity contribution in [1.82, 2.24) is 10.3 Å². The van der Waals surface area contributed by atoms with E-state index in [0.717, 1.165) is 24.1 Å². The quantitative estimate of drug-likeness (QED) is 0.706. The van der Waals surface area contributed by atoms with E-state index in [1.165, 1.54) is 0 Å². The first kappa shape index (κ1) is 18.9. The molecule has 1 heterocycles. The van der Waals surface area contributed by atoms with Crippen molar-refractivity contribution in [3.8, 4) is 0 Å². The minimum atomic E-state index is 0.0990. The lowest BCUT2D eigenvalue weighted by Crippen LogP contribution is -2.43. The zero-order valence-corrected chi connectivity index (χ0v) is 15.1. The summed E-state index contributed by atoms with van der Waals surface area (Å²) in [4.78, 5) is 18.7. The van der Waals surface area contributed by atoms with Gasteiger partial charge in [-0.2, -0.15) is 0 Å². The number of amides is 1. The number of anilines is 1. The smallest absolute Gasteiger partial charge is 0.241 e. The zero-order chi connectivity index (χ0) is 17.9. The van der Waals surface area contributed by atoms with Gasteiger partial charge in [0.1, 0.15) is 0 Å². The summed E-state index contributed by atoms with van der Waals surface area (Å²) in [6, 6.07) is 14.0. The molecule has 1 aromatic carbocycles. The Morgan fingerprint density at radius 3 is 2.72 bits per heavy atom. The maximum absolute atomic E-state index is 12.7. The van der Waals surface area contributed by atoms with Crippen LogP contribution in [0.4, 0.5) is 5.69 Å². The number of nitrogens with zero attached hydrogens (tertiary/aromatic N) is 2. The standard InChI is InChI=1S/C21H27N3O/c1-3-9-18(2)24(20-12-5-4-6-13-20)21(25)17-23-15-8-11-19-10-7-14-22-16-19/h4-8,10-14,16,18,23H,3,9,15,17H2,1-2H3/b11-8+. The maximum Gasteiger partial charge on any atom is 0.241 e. The fourth-order valence-electron chi connectivity index (χ4n) is 2.80. The van der Waals surface area contributed by atoms with Crippen molar-refractivity contribution in [3.05, 3.63) is 66.5 Å². The van der Waals surface area contributed by atoms with Crippen LogP contribution in [0.3, 0.4) is 0 Å². The van der Waals surface area contributed by atoms with E-state index in [9.17, 15) is 4.79 Å². The summed E-state index contributed by atoms with van der Waals surface area (Å²) in [6.45, 7) is 5.22. The van der Waals surface area contributed by atoms with Gasteiger partial charge in [0.05, 0.1) is 6.54 Å². The summed E-state index contributed by atoms with van der Waals surface area (Å²) in [5.74, 6) is 0.0990. The van der Waals surface area contributed by atoms with Gasteiger partial charge in [-0.25, -0.2) is 0 Å². The predicted octanol–water partition coefficient (Wildman–Crippen LogP) is 3.91. The van der Waals surface area contributed by atoms with E-state index in [4.69, 9.17) is 0 Å². The number of carbonyl (C=O) groups is 1. The molecular formula is C21H27N3O. The summed E-state index contributed by atoms with van der Waals surface area (Å²) in [6.07, 6.45) is 9.61. The highest BCUT2D eigenvalue weighted by molar-refractivity contribution is 5.95. The van der Waals surface area contributed by atoms with Crippen molar-refractivity contribution in [2.24, 2.45) is 0 Å². The predicted molar refractivity (Wildman–Crippen MR) is 104 cm³/mol. The number of hydrogen-bond acceptors (Lipinski definition) is 3. The van der Waals surface area contributed by atoms with Gasteiger partial charge < -0.3 is 10.2 Å². The molecule has 132 valence electrons. The molecule has 0 saturated heterocycles. The van der Waals surface area contributed by atoms with E-state index in [0.29, 0.717) is 13.1 Å². The van der Waals surface area contributed by atoms with Crippen molar-refractivity contribution >= 4 is 17.7 Å². The van der Waals surface area contributed by atoms with Crippen LogP contribution in [0.15, 0.2) is 60.9 Å². The molecule has 0 aliphatic rings. The first-order chi connectivity index (χ1) is 12.2. The first-order valence-electron chi connectivity index (χ1n) is 8.86. The molecule has 1 atom stereocenters. The lowest BCUT2D eigenvalue weighted by atomic mass is 10.1. The number of carbonyl (C=O) groups excluding carboxylic acids is 1. The largest absolute Gasteiger partial charge is 0.309 e. The lowest BCUT2D eigenvalue weighted by Gasteiger charge is -2.29. The monoisotopic (exact) mass is 337 g/mol. The number of aromatic nitrogens is 1. The molecule has 0 radical (unpaired) electrons. The number of hydrogen-bond donors (Lipinski definition) is 1. The molecule has 0 aliphatic heterocycles. The summed E-state index contributed by atoms with van der Waals surface area (Å²) >= 11 is 0. The van der Waals surface area contributed by atoms with Crippen LogP contribution in [0, 0.1) is 0 Å². The molecule has 0 spiro atoms. The molecule has 0 bridgehead atoms. The third-order valence-corrected chi connectivity index (χ3v) is 3.98. The van der Waals surface area contributed by atoms with E-state index in [1.54, 1.807) is 6.20 Å². The van der Waals surface area contributed by atoms with Gasteiger partial charge in [0.25, 0.3) is 0 Å². The third kappa shape index (κ3) is 6.16. The molecule has 1 amide bonds. The van der Waals surface area contributed by atoms with Crippen LogP contribution in [0.1, 0.15) is 32.3 Å². The Morgan fingerprint density at radius 2 is 2.04 bits per heavy atom. The normalized spacial score (nSPS) is 12.2. The molecule has 0 aliphatic carbocycles. The highest BCUT2D eigenvalue weighted by Gasteiger charge is 2.20. The molecule has 1 N–H and O–H groups in total. The molecule has 1 aromatic heterocycles. The minimum absolute atomic E-state index is 0.0990. The second-order valence-corrected chi connectivity index (χ2v) is 6.06. The van der Waals surface area contributed by atoms with Gasteiger partial charge in [0.2, 0.25) is 5.91 Å². The van der Waals surface area contributed by atoms with Crippen LogP contribution < -0.4 is 10.2 Å². The number of nitrogens with one attached hydrogen (secondary N) is 1. The minimum Gasteiger partial charge on any atom is -0.309 e. The van der Waals surface area contributed by atoms with Crippen molar-refractivity contribution in [3.63, 3.8) is 0 Å². The first-order valence-corrected chi connectivity index (χ1v) is 8.86. The van der Waals surface area contributed by atoms with Crippen molar-refractivity contribution < 1.29 is 4.79 Å². The summed E-state index contributed by atoms with van der Waals surface area (Å²) in [7, 11) is 0. The van der Waals surface area contributed by atoms with Gasteiger partial charge in [0, 0.05) is 30.7 Å². The van der Waals surface area contributed by atoms with Gasteiger partial charge in [-0.05, 0) is 37.1 Å². The van der Waals surface area contributed by atoms with E-state index >= 15 is 0 Å². The molecule has 0 saturated carbocycles. The molecular weight excluding hydrogens is 310 g/mol. The summed E-state index contributed by atoms with van der Waals surface area (Å²) < 4.78 is 0. The fourth-order valence-corrected chi connectivity index (χ4v) is 2.80. The van der Waals surface area contributed by atoms with Gasteiger partial charge in [-0.15, -0.1) is 0 Å². The van der Waals surface area contributed by atoms with Crippen LogP contribution in [0.25, 0.3) is 6.08 Å². The molecule has 4 nitrogen and oxygen atoms in total. The third-order valence-electron chi connectivity index (χ3n) is 3.98. The van der Waals surface area contributed by atoms with E-state index in [-0.39, 0.29) is 11.9 Å². The van der Waals surface area contributed by atoms with Gasteiger partial charge >= 0.3 is 0 Å². The van der Waals surface area contributed by atoms with Crippen molar-refractivity contribution in [2.45, 2.75) is 32.7 Å². The Bertz CT molecular complexity index is 655. The number of rotatable bonds is 9. The maximum atomic E-state index is 12.7. The molecule has 2 aromatic rings. The Morgan fingerprint density at radius 1 is 1.24 bits per heavy atom. The Labute approximate surface area is 150 Å². The Balaban J connectivity index is 1.90. The molecule has 1 unspecified atom stereocenters. The lowest BCUT2D eigenvalue weighted by molar-refractivity contribution is -0.118. The number of pyridine rings is 1. The van der Waals surface area contributed by atoms with Crippen LogP contribution in [0.5, 0.6) is 0 Å². The summed E-state index contributed by atoms with van der Waals surface area (Å²) in [5, 5.41) is 3.20. The fraction of sp³-hybridized carbons (Fsp3) is 0.333. The Kier molecular flexibility index (Phi) is 7.86. The average Bonchev–Trinajstić information content (AvgIpc) is 2.63. The van der Waals surface area contributed by atoms with Crippen LogP contribution in [-0.4, -0.2) is 30.0 Å². The topological polar surface area (TPSA) is 45.2 Å². The second kappa shape index (κ2) is 10.4. The van der Waals surface area contributed by atoms with Gasteiger partial charge in [-0.1, -0.05) is 49.8 Å². The Hall–Kier alpha value is -2.46. The number of para-hydroxylation sites is 1. The number of benzene rings is 1. The van der Waals surface area contributed by atoms with Crippen LogP contribution >= 0.6 is 0 Å². The average molecular weight is 337 g/mol. The summed E-state index contributed by atoms with van der Waals surface area (Å²) in [5.41, 5.74) is 2.01. The van der Waals surface area contributed by atoms with Crippen LogP contribution in [0.2, 0.25) is 0 Å². The zero-order valence-electron chi connectivity index (χ0n) is 15.1. The molecule has 4 heteroatoms. The molecule has 25 heavy (non-hydrogen) atoms. The SMILES string of the molecule is CCCC(C)N(C(=O)CNC/C=C/c1cccnc1)c1ccccc1. The highest BCUT2D eigenvalue weighted by atomic mass is 16.2. The van der Waals surface area contributed by atoms with E-state index < -0.39 is 0 Å². The van der Waals surface area contributed by atoms with Gasteiger partial charge in [-0.3, -0.25) is 9.78 Å². The van der Waals surface area contributed by atoms with Crippen LogP contribution in [-0.2, 0) is 4.79 Å². The van der Waals surface area contributed by atoms with Gasteiger partial charge in [0.15, 0.2) is 0 Å². The highest BCUT2D eigenvalue weighted by Crippen LogP contribution is 2.19. The van der Waals surface area contributed by atoms with Crippen molar-refractivity contribution in [2.75, 3.05) is 18.0 Å². The molecule has 2 rings (SSSR count). The van der Waals surface area contributed by atoms with E-state index in [1.807, 2.05) is 65.7 Å².